The summed E-state index contributed by atoms with van der Waals surface area (Å²) in [6.45, 7) is 2.33. The molecule has 1 fully saturated rings. The van der Waals surface area contributed by atoms with Crippen LogP contribution in [0.5, 0.6) is 0 Å². The summed E-state index contributed by atoms with van der Waals surface area (Å²) in [5, 5.41) is 0. The summed E-state index contributed by atoms with van der Waals surface area (Å²) in [4.78, 5) is 11.9. The van der Waals surface area contributed by atoms with Gasteiger partial charge in [0.05, 0.1) is 17.1 Å². The number of sulfonamides is 1. The molecule has 5 nitrogen and oxygen atoms in total. The number of nitrogens with one attached hydrogen (secondary N) is 1. The highest BCUT2D eigenvalue weighted by atomic mass is 79.9. The van der Waals surface area contributed by atoms with Gasteiger partial charge in [-0.2, -0.15) is 0 Å². The maximum absolute atomic E-state index is 12.7. The summed E-state index contributed by atoms with van der Waals surface area (Å²) in [6, 6.07) is 14.3. The zero-order valence-electron chi connectivity index (χ0n) is 14.4. The topological polar surface area (TPSA) is 72.5 Å². The summed E-state index contributed by atoms with van der Waals surface area (Å²) < 4.78 is 33.4. The second-order valence-electron chi connectivity index (χ2n) is 6.34. The molecule has 2 aromatic rings. The lowest BCUT2D eigenvalue weighted by molar-refractivity contribution is 0.0526. The smallest absolute Gasteiger partial charge is 0.338 e. The number of rotatable bonds is 7. The average molecular weight is 438 g/mol. The van der Waals surface area contributed by atoms with Crippen LogP contribution < -0.4 is 4.72 Å². The first-order valence-electron chi connectivity index (χ1n) is 8.40. The maximum atomic E-state index is 12.7. The maximum Gasteiger partial charge on any atom is 0.338 e. The zero-order valence-corrected chi connectivity index (χ0v) is 16.8. The van der Waals surface area contributed by atoms with E-state index in [1.807, 2.05) is 30.3 Å². The molecule has 7 heteroatoms. The third kappa shape index (κ3) is 4.00. The minimum Gasteiger partial charge on any atom is -0.462 e. The van der Waals surface area contributed by atoms with Crippen molar-refractivity contribution in [3.05, 3.63) is 64.1 Å². The van der Waals surface area contributed by atoms with E-state index in [4.69, 9.17) is 4.74 Å². The lowest BCUT2D eigenvalue weighted by atomic mass is 9.96. The number of hydrogen-bond donors (Lipinski definition) is 1. The summed E-state index contributed by atoms with van der Waals surface area (Å²) in [5.41, 5.74) is 1.34. The minimum absolute atomic E-state index is 0.106. The first-order chi connectivity index (χ1) is 12.4. The summed E-state index contributed by atoms with van der Waals surface area (Å²) in [7, 11) is -3.70. The molecule has 0 aromatic heterocycles. The molecule has 1 N–H and O–H groups in total. The van der Waals surface area contributed by atoms with Gasteiger partial charge in [0.15, 0.2) is 0 Å². The van der Waals surface area contributed by atoms with E-state index in [0.29, 0.717) is 16.6 Å². The van der Waals surface area contributed by atoms with Crippen LogP contribution in [-0.2, 0) is 20.2 Å². The van der Waals surface area contributed by atoms with Crippen molar-refractivity contribution in [2.45, 2.75) is 30.1 Å². The van der Waals surface area contributed by atoms with Crippen LogP contribution in [-0.4, -0.2) is 27.5 Å². The van der Waals surface area contributed by atoms with Crippen LogP contribution in [0, 0.1) is 0 Å². The van der Waals surface area contributed by atoms with E-state index in [9.17, 15) is 13.2 Å². The monoisotopic (exact) mass is 437 g/mol. The minimum atomic E-state index is -3.70. The molecule has 1 aliphatic carbocycles. The molecule has 1 saturated carbocycles. The second kappa shape index (κ2) is 7.50. The van der Waals surface area contributed by atoms with E-state index in [0.717, 1.165) is 18.4 Å². The van der Waals surface area contributed by atoms with Gasteiger partial charge in [0.1, 0.15) is 0 Å². The molecule has 0 atom stereocenters. The summed E-state index contributed by atoms with van der Waals surface area (Å²) >= 11 is 3.26. The van der Waals surface area contributed by atoms with Crippen LogP contribution in [0.15, 0.2) is 57.9 Å². The number of hydrogen-bond acceptors (Lipinski definition) is 4. The SMILES string of the molecule is CCOC(=O)c1ccc(S(=O)(=O)NCC2(c3ccccc3)CC2)c(Br)c1. The van der Waals surface area contributed by atoms with Gasteiger partial charge in [-0.3, -0.25) is 0 Å². The molecule has 0 unspecified atom stereocenters. The van der Waals surface area contributed by atoms with E-state index in [1.54, 1.807) is 6.92 Å². The number of esters is 1. The fourth-order valence-corrected chi connectivity index (χ4v) is 5.08. The molecule has 0 spiro atoms. The molecule has 0 heterocycles. The number of halogens is 1. The Morgan fingerprint density at radius 2 is 1.88 bits per heavy atom. The molecular weight excluding hydrogens is 418 g/mol. The Hall–Kier alpha value is -1.70. The third-order valence-electron chi connectivity index (χ3n) is 4.57. The van der Waals surface area contributed by atoms with Crippen molar-refractivity contribution in [2.24, 2.45) is 0 Å². The van der Waals surface area contributed by atoms with Gasteiger partial charge in [0.2, 0.25) is 10.0 Å². The fourth-order valence-electron chi connectivity index (χ4n) is 2.88. The van der Waals surface area contributed by atoms with E-state index in [1.165, 1.54) is 18.2 Å². The van der Waals surface area contributed by atoms with Gasteiger partial charge in [-0.15, -0.1) is 0 Å². The van der Waals surface area contributed by atoms with E-state index in [-0.39, 0.29) is 16.9 Å². The van der Waals surface area contributed by atoms with Gasteiger partial charge in [-0.25, -0.2) is 17.9 Å². The summed E-state index contributed by atoms with van der Waals surface area (Å²) in [6.07, 6.45) is 1.92. The van der Waals surface area contributed by atoms with E-state index < -0.39 is 16.0 Å². The Morgan fingerprint density at radius 1 is 1.19 bits per heavy atom. The van der Waals surface area contributed by atoms with Gasteiger partial charge in [-0.1, -0.05) is 30.3 Å². The van der Waals surface area contributed by atoms with Crippen molar-refractivity contribution in [3.8, 4) is 0 Å². The van der Waals surface area contributed by atoms with Crippen LogP contribution in [0.1, 0.15) is 35.7 Å². The van der Waals surface area contributed by atoms with Crippen LogP contribution in [0.2, 0.25) is 0 Å². The highest BCUT2D eigenvalue weighted by Crippen LogP contribution is 2.47. The Balaban J connectivity index is 1.76. The molecule has 3 rings (SSSR count). The van der Waals surface area contributed by atoms with Crippen molar-refractivity contribution in [2.75, 3.05) is 13.2 Å². The Bertz CT molecular complexity index is 908. The number of ether oxygens (including phenoxy) is 1. The van der Waals surface area contributed by atoms with Gasteiger partial charge in [-0.05, 0) is 59.5 Å². The number of carbonyl (C=O) groups is 1. The highest BCUT2D eigenvalue weighted by molar-refractivity contribution is 9.10. The van der Waals surface area contributed by atoms with Crippen LogP contribution in [0.3, 0.4) is 0 Å². The molecular formula is C19H20BrNO4S. The molecule has 0 saturated heterocycles. The van der Waals surface area contributed by atoms with Gasteiger partial charge < -0.3 is 4.74 Å². The van der Waals surface area contributed by atoms with E-state index in [2.05, 4.69) is 20.7 Å². The quantitative estimate of drug-likeness (QED) is 0.671. The largest absolute Gasteiger partial charge is 0.462 e. The van der Waals surface area contributed by atoms with Crippen molar-refractivity contribution in [3.63, 3.8) is 0 Å². The molecule has 138 valence electrons. The Kier molecular flexibility index (Phi) is 5.50. The van der Waals surface area contributed by atoms with Crippen LogP contribution in [0.25, 0.3) is 0 Å². The third-order valence-corrected chi connectivity index (χ3v) is 6.95. The van der Waals surface area contributed by atoms with Gasteiger partial charge in [0, 0.05) is 16.4 Å². The van der Waals surface area contributed by atoms with E-state index >= 15 is 0 Å². The predicted octanol–water partition coefficient (Wildman–Crippen LogP) is 3.64. The second-order valence-corrected chi connectivity index (χ2v) is 8.93. The Morgan fingerprint density at radius 3 is 2.46 bits per heavy atom. The highest BCUT2D eigenvalue weighted by Gasteiger charge is 2.44. The zero-order chi connectivity index (χ0) is 18.8. The Labute approximate surface area is 161 Å². The fraction of sp³-hybridized carbons (Fsp3) is 0.316. The van der Waals surface area contributed by atoms with Crippen molar-refractivity contribution >= 4 is 31.9 Å². The number of carbonyl (C=O) groups excluding carboxylic acids is 1. The summed E-state index contributed by atoms with van der Waals surface area (Å²) in [5.74, 6) is -0.480. The average Bonchev–Trinajstić information content (AvgIpc) is 3.42. The standard InChI is InChI=1S/C19H20BrNO4S/c1-2-25-18(22)14-8-9-17(16(20)12-14)26(23,24)21-13-19(10-11-19)15-6-4-3-5-7-15/h3-9,12,21H,2,10-11,13H2,1H3. The van der Waals surface area contributed by atoms with Crippen LogP contribution >= 0.6 is 15.9 Å². The molecule has 0 aliphatic heterocycles. The first-order valence-corrected chi connectivity index (χ1v) is 10.7. The molecule has 2 aromatic carbocycles. The lowest BCUT2D eigenvalue weighted by Crippen LogP contribution is -2.32. The van der Waals surface area contributed by atoms with Gasteiger partial charge in [0.25, 0.3) is 0 Å². The molecule has 0 amide bonds. The molecule has 0 bridgehead atoms. The molecule has 1 aliphatic rings. The van der Waals surface area contributed by atoms with Gasteiger partial charge >= 0.3 is 5.97 Å². The van der Waals surface area contributed by atoms with Crippen LogP contribution in [0.4, 0.5) is 0 Å². The first kappa shape index (κ1) is 19.1. The van der Waals surface area contributed by atoms with Crippen molar-refractivity contribution < 1.29 is 17.9 Å². The van der Waals surface area contributed by atoms with Crippen molar-refractivity contribution in [1.82, 2.24) is 4.72 Å². The molecule has 26 heavy (non-hydrogen) atoms. The van der Waals surface area contributed by atoms with Crippen molar-refractivity contribution in [1.29, 1.82) is 0 Å². The lowest BCUT2D eigenvalue weighted by Gasteiger charge is -2.17. The molecule has 0 radical (unpaired) electrons. The number of benzene rings is 2. The predicted molar refractivity (Wildman–Crippen MR) is 103 cm³/mol. The normalized spacial score (nSPS) is 15.5.